The highest BCUT2D eigenvalue weighted by Gasteiger charge is 2.24. The molecule has 1 aromatic rings. The number of carbonyl (C=O) groups is 1. The molecule has 1 atom stereocenters. The Kier molecular flexibility index (Phi) is 5.41. The van der Waals surface area contributed by atoms with Crippen molar-refractivity contribution in [1.82, 2.24) is 4.90 Å². The highest BCUT2D eigenvalue weighted by molar-refractivity contribution is 5.78. The van der Waals surface area contributed by atoms with E-state index in [9.17, 15) is 9.90 Å². The SMILES string of the molecule is CC(CCOc1ccccc1)C(=O)N1CCC(O)CC1. The largest absolute Gasteiger partial charge is 0.494 e. The number of likely N-dealkylation sites (tertiary alicyclic amines) is 1. The minimum absolute atomic E-state index is 0.0334. The van der Waals surface area contributed by atoms with Crippen molar-refractivity contribution in [3.8, 4) is 5.75 Å². The summed E-state index contributed by atoms with van der Waals surface area (Å²) in [7, 11) is 0. The van der Waals surface area contributed by atoms with E-state index >= 15 is 0 Å². The van der Waals surface area contributed by atoms with E-state index < -0.39 is 0 Å². The Morgan fingerprint density at radius 3 is 2.65 bits per heavy atom. The number of amides is 1. The zero-order valence-corrected chi connectivity index (χ0v) is 12.0. The fourth-order valence-electron chi connectivity index (χ4n) is 2.39. The van der Waals surface area contributed by atoms with Crippen LogP contribution in [-0.2, 0) is 4.79 Å². The van der Waals surface area contributed by atoms with Gasteiger partial charge >= 0.3 is 0 Å². The molecule has 1 saturated heterocycles. The first-order chi connectivity index (χ1) is 9.66. The molecule has 0 spiro atoms. The summed E-state index contributed by atoms with van der Waals surface area (Å²) in [6.45, 7) is 3.84. The number of para-hydroxylation sites is 1. The second-order valence-corrected chi connectivity index (χ2v) is 5.41. The average Bonchev–Trinajstić information content (AvgIpc) is 2.48. The molecule has 0 aliphatic carbocycles. The summed E-state index contributed by atoms with van der Waals surface area (Å²) >= 11 is 0. The normalized spacial score (nSPS) is 17.8. The van der Waals surface area contributed by atoms with Crippen LogP contribution in [0.25, 0.3) is 0 Å². The van der Waals surface area contributed by atoms with Crippen LogP contribution < -0.4 is 4.74 Å². The summed E-state index contributed by atoms with van der Waals surface area (Å²) in [5.41, 5.74) is 0. The van der Waals surface area contributed by atoms with Gasteiger partial charge in [-0.15, -0.1) is 0 Å². The summed E-state index contributed by atoms with van der Waals surface area (Å²) in [4.78, 5) is 14.1. The number of piperidine rings is 1. The molecule has 1 aromatic carbocycles. The van der Waals surface area contributed by atoms with Gasteiger partial charge in [0.2, 0.25) is 5.91 Å². The summed E-state index contributed by atoms with van der Waals surface area (Å²) in [6, 6.07) is 9.65. The van der Waals surface area contributed by atoms with Crippen molar-refractivity contribution in [3.63, 3.8) is 0 Å². The molecule has 1 aliphatic heterocycles. The summed E-state index contributed by atoms with van der Waals surface area (Å²) in [5, 5.41) is 9.46. The van der Waals surface area contributed by atoms with Gasteiger partial charge in [-0.2, -0.15) is 0 Å². The zero-order valence-electron chi connectivity index (χ0n) is 12.0. The summed E-state index contributed by atoms with van der Waals surface area (Å²) in [5.74, 6) is 0.982. The van der Waals surface area contributed by atoms with Gasteiger partial charge in [0.25, 0.3) is 0 Å². The van der Waals surface area contributed by atoms with E-state index in [1.807, 2.05) is 42.2 Å². The van der Waals surface area contributed by atoms with Crippen LogP contribution in [0.5, 0.6) is 5.75 Å². The van der Waals surface area contributed by atoms with Gasteiger partial charge in [0.05, 0.1) is 12.7 Å². The molecule has 20 heavy (non-hydrogen) atoms. The third kappa shape index (κ3) is 4.23. The van der Waals surface area contributed by atoms with Crippen molar-refractivity contribution in [2.75, 3.05) is 19.7 Å². The third-order valence-corrected chi connectivity index (χ3v) is 3.76. The Morgan fingerprint density at radius 2 is 2.00 bits per heavy atom. The van der Waals surface area contributed by atoms with Gasteiger partial charge in [-0.1, -0.05) is 25.1 Å². The van der Waals surface area contributed by atoms with Gasteiger partial charge in [0.1, 0.15) is 5.75 Å². The monoisotopic (exact) mass is 277 g/mol. The van der Waals surface area contributed by atoms with E-state index in [1.165, 1.54) is 0 Å². The smallest absolute Gasteiger partial charge is 0.225 e. The molecule has 4 heteroatoms. The maximum absolute atomic E-state index is 12.2. The molecule has 1 amide bonds. The number of hydrogen-bond acceptors (Lipinski definition) is 3. The van der Waals surface area contributed by atoms with Crippen LogP contribution in [0.4, 0.5) is 0 Å². The number of nitrogens with zero attached hydrogens (tertiary/aromatic N) is 1. The van der Waals surface area contributed by atoms with Crippen molar-refractivity contribution in [2.24, 2.45) is 5.92 Å². The second-order valence-electron chi connectivity index (χ2n) is 5.41. The Labute approximate surface area is 120 Å². The highest BCUT2D eigenvalue weighted by Crippen LogP contribution is 2.16. The first kappa shape index (κ1) is 14.9. The molecule has 1 unspecified atom stereocenters. The Hall–Kier alpha value is -1.55. The van der Waals surface area contributed by atoms with Gasteiger partial charge in [-0.05, 0) is 31.4 Å². The molecule has 0 radical (unpaired) electrons. The standard InChI is InChI=1S/C16H23NO3/c1-13(9-12-20-15-5-3-2-4-6-15)16(19)17-10-7-14(18)8-11-17/h2-6,13-14,18H,7-12H2,1H3. The van der Waals surface area contributed by atoms with Gasteiger partial charge in [0.15, 0.2) is 0 Å². The van der Waals surface area contributed by atoms with E-state index in [2.05, 4.69) is 0 Å². The van der Waals surface area contributed by atoms with Crippen molar-refractivity contribution in [2.45, 2.75) is 32.3 Å². The van der Waals surface area contributed by atoms with Gasteiger partial charge in [-0.3, -0.25) is 4.79 Å². The average molecular weight is 277 g/mol. The topological polar surface area (TPSA) is 49.8 Å². The Balaban J connectivity index is 1.71. The zero-order chi connectivity index (χ0) is 14.4. The molecule has 4 nitrogen and oxygen atoms in total. The van der Waals surface area contributed by atoms with Gasteiger partial charge < -0.3 is 14.7 Å². The molecule has 1 N–H and O–H groups in total. The van der Waals surface area contributed by atoms with Crippen molar-refractivity contribution in [3.05, 3.63) is 30.3 Å². The van der Waals surface area contributed by atoms with Gasteiger partial charge in [-0.25, -0.2) is 0 Å². The summed E-state index contributed by atoms with van der Waals surface area (Å²) < 4.78 is 5.62. The second kappa shape index (κ2) is 7.29. The van der Waals surface area contributed by atoms with Crippen LogP contribution in [0.2, 0.25) is 0 Å². The third-order valence-electron chi connectivity index (χ3n) is 3.76. The van der Waals surface area contributed by atoms with Crippen molar-refractivity contribution in [1.29, 1.82) is 0 Å². The number of carbonyl (C=O) groups excluding carboxylic acids is 1. The molecular weight excluding hydrogens is 254 g/mol. The Morgan fingerprint density at radius 1 is 1.35 bits per heavy atom. The lowest BCUT2D eigenvalue weighted by molar-refractivity contribution is -0.137. The molecule has 0 bridgehead atoms. The quantitative estimate of drug-likeness (QED) is 0.896. The molecular formula is C16H23NO3. The number of hydrogen-bond donors (Lipinski definition) is 1. The molecule has 110 valence electrons. The van der Waals surface area contributed by atoms with E-state index in [0.29, 0.717) is 39.0 Å². The lowest BCUT2D eigenvalue weighted by atomic mass is 10.0. The highest BCUT2D eigenvalue weighted by atomic mass is 16.5. The van der Waals surface area contributed by atoms with Crippen LogP contribution in [0.15, 0.2) is 30.3 Å². The minimum atomic E-state index is -0.240. The van der Waals surface area contributed by atoms with Crippen LogP contribution >= 0.6 is 0 Å². The van der Waals surface area contributed by atoms with Crippen LogP contribution in [0.1, 0.15) is 26.2 Å². The number of rotatable bonds is 5. The van der Waals surface area contributed by atoms with Crippen molar-refractivity contribution >= 4 is 5.91 Å². The molecule has 1 heterocycles. The first-order valence-corrected chi connectivity index (χ1v) is 7.31. The number of benzene rings is 1. The van der Waals surface area contributed by atoms with Crippen LogP contribution in [-0.4, -0.2) is 41.7 Å². The lowest BCUT2D eigenvalue weighted by Crippen LogP contribution is -2.42. The van der Waals surface area contributed by atoms with E-state index in [-0.39, 0.29) is 17.9 Å². The first-order valence-electron chi connectivity index (χ1n) is 7.31. The Bertz CT molecular complexity index is 413. The van der Waals surface area contributed by atoms with Crippen molar-refractivity contribution < 1.29 is 14.6 Å². The maximum Gasteiger partial charge on any atom is 0.225 e. The van der Waals surface area contributed by atoms with E-state index in [1.54, 1.807) is 0 Å². The molecule has 0 saturated carbocycles. The summed E-state index contributed by atoms with van der Waals surface area (Å²) in [6.07, 6.45) is 1.86. The maximum atomic E-state index is 12.2. The van der Waals surface area contributed by atoms with E-state index in [0.717, 1.165) is 5.75 Å². The molecule has 1 fully saturated rings. The number of ether oxygens (including phenoxy) is 1. The molecule has 0 aromatic heterocycles. The van der Waals surface area contributed by atoms with Crippen LogP contribution in [0, 0.1) is 5.92 Å². The van der Waals surface area contributed by atoms with Gasteiger partial charge in [0, 0.05) is 19.0 Å². The number of aliphatic hydroxyl groups is 1. The van der Waals surface area contributed by atoms with Crippen LogP contribution in [0.3, 0.4) is 0 Å². The molecule has 1 aliphatic rings. The number of aliphatic hydroxyl groups excluding tert-OH is 1. The van der Waals surface area contributed by atoms with E-state index in [4.69, 9.17) is 4.74 Å². The lowest BCUT2D eigenvalue weighted by Gasteiger charge is -2.31. The molecule has 2 rings (SSSR count). The predicted molar refractivity (Wildman–Crippen MR) is 77.5 cm³/mol. The fraction of sp³-hybridized carbons (Fsp3) is 0.562. The minimum Gasteiger partial charge on any atom is -0.494 e. The predicted octanol–water partition coefficient (Wildman–Crippen LogP) is 2.07. The fourth-order valence-corrected chi connectivity index (χ4v) is 2.39.